The Morgan fingerprint density at radius 1 is 1.17 bits per heavy atom. The molecule has 0 radical (unpaired) electrons. The highest BCUT2D eigenvalue weighted by atomic mass is 16.2. The largest absolute Gasteiger partial charge is 0.351 e. The van der Waals surface area contributed by atoms with E-state index in [4.69, 9.17) is 5.26 Å². The molecule has 2 saturated heterocycles. The van der Waals surface area contributed by atoms with Gasteiger partial charge in [-0.2, -0.15) is 5.26 Å². The number of aromatic nitrogens is 1. The van der Waals surface area contributed by atoms with Gasteiger partial charge in [-0.25, -0.2) is 0 Å². The van der Waals surface area contributed by atoms with Crippen LogP contribution in [0.5, 0.6) is 0 Å². The van der Waals surface area contributed by atoms with Gasteiger partial charge in [0.15, 0.2) is 0 Å². The maximum atomic E-state index is 12.4. The molecule has 1 aromatic carbocycles. The summed E-state index contributed by atoms with van der Waals surface area (Å²) in [5.41, 5.74) is 3.05. The first-order chi connectivity index (χ1) is 11.2. The van der Waals surface area contributed by atoms with Crippen LogP contribution in [0.4, 0.5) is 0 Å². The lowest BCUT2D eigenvalue weighted by molar-refractivity contribution is 0.0926. The topological polar surface area (TPSA) is 80.7 Å². The van der Waals surface area contributed by atoms with E-state index in [0.29, 0.717) is 23.3 Å². The number of nitriles is 1. The number of amides is 1. The Kier molecular flexibility index (Phi) is 3.40. The number of H-pyrrole nitrogens is 1. The number of rotatable bonds is 3. The molecule has 2 fully saturated rings. The minimum atomic E-state index is -0.0516. The summed E-state index contributed by atoms with van der Waals surface area (Å²) < 4.78 is 0. The Morgan fingerprint density at radius 2 is 2.00 bits per heavy atom. The van der Waals surface area contributed by atoms with Crippen LogP contribution in [0, 0.1) is 11.3 Å². The summed E-state index contributed by atoms with van der Waals surface area (Å²) in [6.45, 7) is 0. The molecule has 2 aliphatic heterocycles. The monoisotopic (exact) mass is 306 g/mol. The van der Waals surface area contributed by atoms with E-state index in [1.54, 1.807) is 12.1 Å². The van der Waals surface area contributed by atoms with Gasteiger partial charge in [0.2, 0.25) is 0 Å². The van der Waals surface area contributed by atoms with Crippen molar-refractivity contribution < 1.29 is 4.79 Å². The zero-order valence-electron chi connectivity index (χ0n) is 12.7. The number of fused-ring (bicyclic) bond motifs is 2. The van der Waals surface area contributed by atoms with Gasteiger partial charge in [0.25, 0.3) is 5.91 Å². The lowest BCUT2D eigenvalue weighted by atomic mass is 9.95. The van der Waals surface area contributed by atoms with Crippen LogP contribution in [0.15, 0.2) is 36.4 Å². The molecule has 23 heavy (non-hydrogen) atoms. The van der Waals surface area contributed by atoms with Crippen LogP contribution >= 0.6 is 0 Å². The summed E-state index contributed by atoms with van der Waals surface area (Å²) in [4.78, 5) is 15.6. The minimum absolute atomic E-state index is 0.0516. The third-order valence-corrected chi connectivity index (χ3v) is 4.87. The van der Waals surface area contributed by atoms with Crippen molar-refractivity contribution in [2.75, 3.05) is 0 Å². The Labute approximate surface area is 134 Å². The second kappa shape index (κ2) is 5.56. The van der Waals surface area contributed by atoms with Crippen molar-refractivity contribution in [3.8, 4) is 17.3 Å². The predicted octanol–water partition coefficient (Wildman–Crippen LogP) is 2.18. The first-order valence-corrected chi connectivity index (χ1v) is 7.99. The van der Waals surface area contributed by atoms with E-state index in [1.165, 1.54) is 6.42 Å². The molecular formula is C18H18N4O. The molecule has 2 bridgehead atoms. The molecule has 1 amide bonds. The highest BCUT2D eigenvalue weighted by Gasteiger charge is 2.39. The maximum absolute atomic E-state index is 12.4. The fraction of sp³-hybridized carbons (Fsp3) is 0.333. The molecule has 3 heterocycles. The van der Waals surface area contributed by atoms with Crippen LogP contribution in [-0.4, -0.2) is 29.0 Å². The Bertz CT molecular complexity index is 771. The van der Waals surface area contributed by atoms with Crippen molar-refractivity contribution in [1.82, 2.24) is 15.6 Å². The summed E-state index contributed by atoms with van der Waals surface area (Å²) in [7, 11) is 0. The molecule has 116 valence electrons. The number of hydrogen-bond donors (Lipinski definition) is 3. The van der Waals surface area contributed by atoms with E-state index in [1.807, 2.05) is 24.3 Å². The van der Waals surface area contributed by atoms with Crippen LogP contribution in [-0.2, 0) is 0 Å². The number of nitrogens with one attached hydrogen (secondary N) is 3. The van der Waals surface area contributed by atoms with Crippen molar-refractivity contribution in [3.05, 3.63) is 47.7 Å². The van der Waals surface area contributed by atoms with E-state index >= 15 is 0 Å². The molecule has 3 atom stereocenters. The summed E-state index contributed by atoms with van der Waals surface area (Å²) in [6, 6.07) is 14.4. The van der Waals surface area contributed by atoms with E-state index in [9.17, 15) is 4.79 Å². The third kappa shape index (κ3) is 2.62. The number of benzene rings is 1. The molecule has 2 aromatic rings. The fourth-order valence-electron chi connectivity index (χ4n) is 3.65. The molecule has 1 aromatic heterocycles. The number of carbonyl (C=O) groups is 1. The SMILES string of the molecule is N#Cc1ccc(-c2ccc(C(=O)N[C@@H]3C[C@H]4CC[C@@H]3N4)[nH]2)cc1. The Hall–Kier alpha value is -2.58. The number of nitrogens with zero attached hydrogens (tertiary/aromatic N) is 1. The molecule has 4 rings (SSSR count). The second-order valence-electron chi connectivity index (χ2n) is 6.34. The third-order valence-electron chi connectivity index (χ3n) is 4.87. The quantitative estimate of drug-likeness (QED) is 0.813. The van der Waals surface area contributed by atoms with Crippen LogP contribution in [0.1, 0.15) is 35.3 Å². The van der Waals surface area contributed by atoms with Crippen LogP contribution in [0.25, 0.3) is 11.3 Å². The first-order valence-electron chi connectivity index (χ1n) is 7.99. The van der Waals surface area contributed by atoms with E-state index < -0.39 is 0 Å². The van der Waals surface area contributed by atoms with Gasteiger partial charge in [0.05, 0.1) is 11.6 Å². The average molecular weight is 306 g/mol. The van der Waals surface area contributed by atoms with Gasteiger partial charge in [-0.05, 0) is 49.1 Å². The van der Waals surface area contributed by atoms with Gasteiger partial charge in [-0.15, -0.1) is 0 Å². The summed E-state index contributed by atoms with van der Waals surface area (Å²) >= 11 is 0. The first kappa shape index (κ1) is 14.0. The van der Waals surface area contributed by atoms with Crippen LogP contribution < -0.4 is 10.6 Å². The predicted molar refractivity (Wildman–Crippen MR) is 86.8 cm³/mol. The van der Waals surface area contributed by atoms with Crippen LogP contribution in [0.3, 0.4) is 0 Å². The van der Waals surface area contributed by atoms with Crippen molar-refractivity contribution in [2.24, 2.45) is 0 Å². The van der Waals surface area contributed by atoms with E-state index in [0.717, 1.165) is 24.1 Å². The van der Waals surface area contributed by atoms with Gasteiger partial charge in [0, 0.05) is 23.8 Å². The van der Waals surface area contributed by atoms with Crippen molar-refractivity contribution in [3.63, 3.8) is 0 Å². The Balaban J connectivity index is 1.46. The van der Waals surface area contributed by atoms with Gasteiger partial charge in [-0.1, -0.05) is 12.1 Å². The smallest absolute Gasteiger partial charge is 0.267 e. The van der Waals surface area contributed by atoms with Crippen LogP contribution in [0.2, 0.25) is 0 Å². The maximum Gasteiger partial charge on any atom is 0.267 e. The summed E-state index contributed by atoms with van der Waals surface area (Å²) in [5.74, 6) is -0.0516. The van der Waals surface area contributed by atoms with E-state index in [2.05, 4.69) is 21.7 Å². The molecule has 0 spiro atoms. The fourth-order valence-corrected chi connectivity index (χ4v) is 3.65. The number of hydrogen-bond acceptors (Lipinski definition) is 3. The van der Waals surface area contributed by atoms with Crippen molar-refractivity contribution >= 4 is 5.91 Å². The molecule has 0 unspecified atom stereocenters. The number of carbonyl (C=O) groups excluding carboxylic acids is 1. The molecule has 5 nitrogen and oxygen atoms in total. The van der Waals surface area contributed by atoms with E-state index in [-0.39, 0.29) is 11.9 Å². The molecule has 2 aliphatic rings. The van der Waals surface area contributed by atoms with Crippen molar-refractivity contribution in [2.45, 2.75) is 37.4 Å². The van der Waals surface area contributed by atoms with Gasteiger partial charge < -0.3 is 15.6 Å². The van der Waals surface area contributed by atoms with Gasteiger partial charge >= 0.3 is 0 Å². The second-order valence-corrected chi connectivity index (χ2v) is 6.34. The zero-order chi connectivity index (χ0) is 15.8. The van der Waals surface area contributed by atoms with Gasteiger partial charge in [-0.3, -0.25) is 4.79 Å². The highest BCUT2D eigenvalue weighted by Crippen LogP contribution is 2.28. The average Bonchev–Trinajstić information content (AvgIpc) is 3.31. The summed E-state index contributed by atoms with van der Waals surface area (Å²) in [6.07, 6.45) is 3.40. The summed E-state index contributed by atoms with van der Waals surface area (Å²) in [5, 5.41) is 15.5. The highest BCUT2D eigenvalue weighted by molar-refractivity contribution is 5.93. The lowest BCUT2D eigenvalue weighted by Crippen LogP contribution is -2.43. The van der Waals surface area contributed by atoms with Crippen molar-refractivity contribution in [1.29, 1.82) is 5.26 Å². The lowest BCUT2D eigenvalue weighted by Gasteiger charge is -2.21. The minimum Gasteiger partial charge on any atom is -0.351 e. The standard InChI is InChI=1S/C18H18N4O/c19-10-11-1-3-12(4-2-11)14-7-8-16(21-14)18(23)22-17-9-13-5-6-15(17)20-13/h1-4,7-8,13,15,17,20-21H,5-6,9H2,(H,22,23)/t13-,15+,17-/m1/s1. The Morgan fingerprint density at radius 3 is 2.65 bits per heavy atom. The van der Waals surface area contributed by atoms with Gasteiger partial charge in [0.1, 0.15) is 5.69 Å². The molecular weight excluding hydrogens is 288 g/mol. The molecule has 3 N–H and O–H groups in total. The molecule has 0 aliphatic carbocycles. The molecule has 5 heteroatoms. The number of aromatic amines is 1. The zero-order valence-corrected chi connectivity index (χ0v) is 12.7. The molecule has 0 saturated carbocycles. The normalized spacial score (nSPS) is 25.3.